The van der Waals surface area contributed by atoms with Gasteiger partial charge in [0.05, 0.1) is 13.1 Å². The summed E-state index contributed by atoms with van der Waals surface area (Å²) in [7, 11) is 0. The van der Waals surface area contributed by atoms with E-state index >= 15 is 0 Å². The van der Waals surface area contributed by atoms with Crippen molar-refractivity contribution in [2.45, 2.75) is 33.4 Å². The van der Waals surface area contributed by atoms with E-state index in [-0.39, 0.29) is 5.76 Å². The van der Waals surface area contributed by atoms with Gasteiger partial charge in [0, 0.05) is 6.54 Å². The molecule has 0 aliphatic heterocycles. The lowest BCUT2D eigenvalue weighted by molar-refractivity contribution is 0.0972. The van der Waals surface area contributed by atoms with E-state index < -0.39 is 5.91 Å². The van der Waals surface area contributed by atoms with Crippen molar-refractivity contribution in [1.29, 1.82) is 0 Å². The Morgan fingerprint density at radius 3 is 2.50 bits per heavy atom. The summed E-state index contributed by atoms with van der Waals surface area (Å²) >= 11 is 0. The predicted octanol–water partition coefficient (Wildman–Crippen LogP) is 2.20. The number of furan rings is 1. The van der Waals surface area contributed by atoms with Crippen LogP contribution in [0, 0.1) is 0 Å². The second kappa shape index (κ2) is 8.76. The molecule has 0 unspecified atom stereocenters. The van der Waals surface area contributed by atoms with Crippen LogP contribution in [0.1, 0.15) is 41.3 Å². The van der Waals surface area contributed by atoms with Crippen LogP contribution in [0.3, 0.4) is 0 Å². The Labute approximate surface area is 142 Å². The smallest absolute Gasteiger partial charge is 0.284 e. The Morgan fingerprint density at radius 1 is 1.12 bits per heavy atom. The van der Waals surface area contributed by atoms with Gasteiger partial charge >= 0.3 is 0 Å². The average molecular weight is 328 g/mol. The Morgan fingerprint density at radius 2 is 1.88 bits per heavy atom. The number of primary amides is 1. The van der Waals surface area contributed by atoms with Crippen molar-refractivity contribution >= 4 is 11.9 Å². The lowest BCUT2D eigenvalue weighted by Gasteiger charge is -2.11. The van der Waals surface area contributed by atoms with Crippen molar-refractivity contribution in [2.24, 2.45) is 10.7 Å². The largest absolute Gasteiger partial charge is 0.454 e. The Balaban J connectivity index is 2.01. The second-order valence-corrected chi connectivity index (χ2v) is 5.30. The van der Waals surface area contributed by atoms with Gasteiger partial charge in [-0.15, -0.1) is 0 Å². The molecule has 0 aliphatic carbocycles. The highest BCUT2D eigenvalue weighted by atomic mass is 16.3. The molecule has 1 heterocycles. The van der Waals surface area contributed by atoms with Gasteiger partial charge in [-0.25, -0.2) is 4.99 Å². The fourth-order valence-corrected chi connectivity index (χ4v) is 2.34. The molecule has 1 aromatic carbocycles. The minimum atomic E-state index is -0.571. The molecule has 6 heteroatoms. The molecule has 0 fully saturated rings. The molecule has 0 saturated heterocycles. The molecule has 0 saturated carbocycles. The summed E-state index contributed by atoms with van der Waals surface area (Å²) in [6.07, 6.45) is 0.984. The van der Waals surface area contributed by atoms with Crippen molar-refractivity contribution < 1.29 is 9.21 Å². The number of carbonyl (C=O) groups excluding carboxylic acids is 1. The molecule has 0 atom stereocenters. The van der Waals surface area contributed by atoms with E-state index in [9.17, 15) is 4.79 Å². The van der Waals surface area contributed by atoms with Crippen LogP contribution in [-0.2, 0) is 19.5 Å². The number of nitrogens with zero attached hydrogens (tertiary/aromatic N) is 1. The number of benzene rings is 1. The van der Waals surface area contributed by atoms with E-state index in [0.717, 1.165) is 13.0 Å². The molecule has 0 aliphatic rings. The van der Waals surface area contributed by atoms with Crippen LogP contribution in [0.15, 0.2) is 45.8 Å². The van der Waals surface area contributed by atoms with Gasteiger partial charge in [-0.05, 0) is 36.6 Å². The molecule has 2 aromatic rings. The van der Waals surface area contributed by atoms with Crippen LogP contribution in [-0.4, -0.2) is 18.4 Å². The topological polar surface area (TPSA) is 92.6 Å². The van der Waals surface area contributed by atoms with Crippen molar-refractivity contribution in [3.63, 3.8) is 0 Å². The molecular weight excluding hydrogens is 304 g/mol. The van der Waals surface area contributed by atoms with Crippen LogP contribution < -0.4 is 16.4 Å². The number of hydrogen-bond acceptors (Lipinski definition) is 3. The third-order valence-corrected chi connectivity index (χ3v) is 3.59. The third kappa shape index (κ3) is 4.87. The van der Waals surface area contributed by atoms with E-state index in [1.165, 1.54) is 11.1 Å². The normalized spacial score (nSPS) is 11.3. The predicted molar refractivity (Wildman–Crippen MR) is 94.7 cm³/mol. The first-order chi connectivity index (χ1) is 11.6. The molecule has 1 amide bonds. The number of guanidine groups is 1. The number of hydrogen-bond donors (Lipinski definition) is 3. The number of rotatable bonds is 7. The van der Waals surface area contributed by atoms with Crippen LogP contribution in [0.25, 0.3) is 0 Å². The van der Waals surface area contributed by atoms with E-state index in [4.69, 9.17) is 10.2 Å². The standard InChI is InChI=1S/C18H24N4O2/c1-3-13-7-5-6-8-14(13)11-21-18(20-4-2)22-12-15-9-10-16(24-15)17(19)23/h5-10H,3-4,11-12H2,1-2H3,(H2,19,23)(H2,20,21,22). The van der Waals surface area contributed by atoms with Crippen LogP contribution in [0.2, 0.25) is 0 Å². The first-order valence-corrected chi connectivity index (χ1v) is 8.11. The zero-order valence-corrected chi connectivity index (χ0v) is 14.1. The summed E-state index contributed by atoms with van der Waals surface area (Å²) in [5.41, 5.74) is 7.70. The summed E-state index contributed by atoms with van der Waals surface area (Å²) in [5.74, 6) is 0.910. The van der Waals surface area contributed by atoms with Gasteiger partial charge < -0.3 is 20.8 Å². The number of nitrogens with one attached hydrogen (secondary N) is 2. The van der Waals surface area contributed by atoms with Crippen LogP contribution >= 0.6 is 0 Å². The maximum atomic E-state index is 11.0. The SMILES string of the molecule is CCNC(=NCc1ccccc1CC)NCc1ccc(C(N)=O)o1. The zero-order valence-electron chi connectivity index (χ0n) is 14.1. The first kappa shape index (κ1) is 17.6. The molecule has 0 radical (unpaired) electrons. The Bertz CT molecular complexity index is 707. The molecular formula is C18H24N4O2. The zero-order chi connectivity index (χ0) is 17.4. The van der Waals surface area contributed by atoms with E-state index in [1.807, 2.05) is 19.1 Å². The molecule has 4 N–H and O–H groups in total. The maximum Gasteiger partial charge on any atom is 0.284 e. The average Bonchev–Trinajstić information content (AvgIpc) is 3.07. The molecule has 6 nitrogen and oxygen atoms in total. The van der Waals surface area contributed by atoms with Crippen molar-refractivity contribution in [3.05, 3.63) is 59.0 Å². The summed E-state index contributed by atoms with van der Waals surface area (Å²) in [6, 6.07) is 11.6. The highest BCUT2D eigenvalue weighted by Crippen LogP contribution is 2.11. The van der Waals surface area contributed by atoms with Crippen molar-refractivity contribution in [2.75, 3.05) is 6.54 Å². The minimum absolute atomic E-state index is 0.158. The van der Waals surface area contributed by atoms with E-state index in [0.29, 0.717) is 24.8 Å². The van der Waals surface area contributed by atoms with Gasteiger partial charge in [0.2, 0.25) is 0 Å². The minimum Gasteiger partial charge on any atom is -0.454 e. The quantitative estimate of drug-likeness (QED) is 0.536. The maximum absolute atomic E-state index is 11.0. The Hall–Kier alpha value is -2.76. The molecule has 2 rings (SSSR count). The monoisotopic (exact) mass is 328 g/mol. The van der Waals surface area contributed by atoms with Gasteiger partial charge in [0.25, 0.3) is 5.91 Å². The second-order valence-electron chi connectivity index (χ2n) is 5.30. The number of aryl methyl sites for hydroxylation is 1. The van der Waals surface area contributed by atoms with Crippen LogP contribution in [0.4, 0.5) is 0 Å². The van der Waals surface area contributed by atoms with E-state index in [2.05, 4.69) is 34.7 Å². The molecule has 1 aromatic heterocycles. The van der Waals surface area contributed by atoms with Gasteiger partial charge in [0.1, 0.15) is 5.76 Å². The van der Waals surface area contributed by atoms with Gasteiger partial charge in [-0.2, -0.15) is 0 Å². The highest BCUT2D eigenvalue weighted by Gasteiger charge is 2.07. The third-order valence-electron chi connectivity index (χ3n) is 3.59. The van der Waals surface area contributed by atoms with Crippen molar-refractivity contribution in [1.82, 2.24) is 10.6 Å². The summed E-state index contributed by atoms with van der Waals surface area (Å²) in [4.78, 5) is 15.7. The van der Waals surface area contributed by atoms with E-state index in [1.54, 1.807) is 12.1 Å². The number of amides is 1. The fourth-order valence-electron chi connectivity index (χ4n) is 2.34. The number of aliphatic imine (C=N–C) groups is 1. The van der Waals surface area contributed by atoms with Crippen LogP contribution in [0.5, 0.6) is 0 Å². The van der Waals surface area contributed by atoms with Crippen molar-refractivity contribution in [3.8, 4) is 0 Å². The first-order valence-electron chi connectivity index (χ1n) is 8.11. The van der Waals surface area contributed by atoms with Gasteiger partial charge in [-0.3, -0.25) is 4.79 Å². The fraction of sp³-hybridized carbons (Fsp3) is 0.333. The summed E-state index contributed by atoms with van der Waals surface area (Å²) in [6.45, 7) is 5.93. The summed E-state index contributed by atoms with van der Waals surface area (Å²) < 4.78 is 5.35. The Kier molecular flexibility index (Phi) is 6.42. The molecule has 0 spiro atoms. The molecule has 24 heavy (non-hydrogen) atoms. The summed E-state index contributed by atoms with van der Waals surface area (Å²) in [5, 5.41) is 6.39. The lowest BCUT2D eigenvalue weighted by atomic mass is 10.1. The highest BCUT2D eigenvalue weighted by molar-refractivity contribution is 5.89. The molecule has 0 bridgehead atoms. The number of nitrogens with two attached hydrogens (primary N) is 1. The molecule has 128 valence electrons. The lowest BCUT2D eigenvalue weighted by Crippen LogP contribution is -2.36. The van der Waals surface area contributed by atoms with Gasteiger partial charge in [-0.1, -0.05) is 31.2 Å². The number of carbonyl (C=O) groups is 1. The van der Waals surface area contributed by atoms with Gasteiger partial charge in [0.15, 0.2) is 11.7 Å².